The average Bonchev–Trinajstić information content (AvgIpc) is 2.97. The van der Waals surface area contributed by atoms with Gasteiger partial charge in [0.2, 0.25) is 0 Å². The third-order valence-corrected chi connectivity index (χ3v) is 3.82. The Bertz CT molecular complexity index is 574. The maximum atomic E-state index is 13.9. The lowest BCUT2D eigenvalue weighted by Crippen LogP contribution is -2.29. The number of rotatable bonds is 3. The SMILES string of the molecule is CCC1CCN(C(=O)c2cc(C#CCCO)ccc2F)C1. The number of hydrogen-bond donors (Lipinski definition) is 1. The summed E-state index contributed by atoms with van der Waals surface area (Å²) in [7, 11) is 0. The zero-order valence-corrected chi connectivity index (χ0v) is 12.2. The van der Waals surface area contributed by atoms with E-state index in [-0.39, 0.29) is 18.1 Å². The fourth-order valence-electron chi connectivity index (χ4n) is 2.51. The molecule has 0 bridgehead atoms. The van der Waals surface area contributed by atoms with Gasteiger partial charge in [-0.1, -0.05) is 25.2 Å². The highest BCUT2D eigenvalue weighted by Crippen LogP contribution is 2.22. The van der Waals surface area contributed by atoms with E-state index >= 15 is 0 Å². The summed E-state index contributed by atoms with van der Waals surface area (Å²) in [6.45, 7) is 3.50. The van der Waals surface area contributed by atoms with Gasteiger partial charge in [-0.3, -0.25) is 4.79 Å². The molecule has 21 heavy (non-hydrogen) atoms. The first-order valence-corrected chi connectivity index (χ1v) is 7.34. The molecule has 0 spiro atoms. The Morgan fingerprint density at radius 2 is 2.33 bits per heavy atom. The molecule has 1 saturated heterocycles. The van der Waals surface area contributed by atoms with E-state index in [4.69, 9.17) is 5.11 Å². The Morgan fingerprint density at radius 1 is 1.52 bits per heavy atom. The Morgan fingerprint density at radius 3 is 3.00 bits per heavy atom. The molecule has 1 atom stereocenters. The maximum absolute atomic E-state index is 13.9. The highest BCUT2D eigenvalue weighted by molar-refractivity contribution is 5.95. The van der Waals surface area contributed by atoms with E-state index in [1.807, 2.05) is 0 Å². The highest BCUT2D eigenvalue weighted by Gasteiger charge is 2.27. The Hall–Kier alpha value is -1.86. The molecule has 1 aliphatic heterocycles. The van der Waals surface area contributed by atoms with Crippen molar-refractivity contribution < 1.29 is 14.3 Å². The van der Waals surface area contributed by atoms with Gasteiger partial charge in [-0.05, 0) is 30.5 Å². The van der Waals surface area contributed by atoms with Gasteiger partial charge in [0.1, 0.15) is 5.82 Å². The zero-order chi connectivity index (χ0) is 15.2. The van der Waals surface area contributed by atoms with Crippen molar-refractivity contribution in [3.05, 3.63) is 35.1 Å². The van der Waals surface area contributed by atoms with Crippen molar-refractivity contribution in [1.82, 2.24) is 4.90 Å². The third-order valence-electron chi connectivity index (χ3n) is 3.82. The summed E-state index contributed by atoms with van der Waals surface area (Å²) in [5.41, 5.74) is 0.682. The molecular weight excluding hydrogens is 269 g/mol. The van der Waals surface area contributed by atoms with Crippen molar-refractivity contribution in [2.24, 2.45) is 5.92 Å². The van der Waals surface area contributed by atoms with Crippen LogP contribution in [0.5, 0.6) is 0 Å². The van der Waals surface area contributed by atoms with E-state index in [1.165, 1.54) is 12.1 Å². The van der Waals surface area contributed by atoms with E-state index in [0.717, 1.165) is 12.8 Å². The van der Waals surface area contributed by atoms with Crippen molar-refractivity contribution in [2.45, 2.75) is 26.2 Å². The van der Waals surface area contributed by atoms with Crippen LogP contribution in [0.25, 0.3) is 0 Å². The molecule has 1 fully saturated rings. The Labute approximate surface area is 124 Å². The first-order valence-electron chi connectivity index (χ1n) is 7.34. The van der Waals surface area contributed by atoms with Gasteiger partial charge in [-0.15, -0.1) is 0 Å². The molecule has 1 unspecified atom stereocenters. The number of aliphatic hydroxyl groups excluding tert-OH is 1. The van der Waals surface area contributed by atoms with Crippen molar-refractivity contribution in [1.29, 1.82) is 0 Å². The standard InChI is InChI=1S/C17H20FNO2/c1-2-13-8-9-19(12-13)17(21)15-11-14(5-3-4-10-20)6-7-16(15)18/h6-7,11,13,20H,2,4,8-10,12H2,1H3. The van der Waals surface area contributed by atoms with Gasteiger partial charge in [-0.2, -0.15) is 0 Å². The van der Waals surface area contributed by atoms with Crippen LogP contribution in [0.1, 0.15) is 42.1 Å². The highest BCUT2D eigenvalue weighted by atomic mass is 19.1. The lowest BCUT2D eigenvalue weighted by atomic mass is 10.1. The molecule has 1 aromatic carbocycles. The molecule has 112 valence electrons. The van der Waals surface area contributed by atoms with E-state index in [9.17, 15) is 9.18 Å². The lowest BCUT2D eigenvalue weighted by Gasteiger charge is -2.16. The Balaban J connectivity index is 2.17. The molecule has 1 aromatic rings. The summed E-state index contributed by atoms with van der Waals surface area (Å²) < 4.78 is 13.9. The van der Waals surface area contributed by atoms with Gasteiger partial charge < -0.3 is 10.0 Å². The van der Waals surface area contributed by atoms with Crippen LogP contribution in [-0.2, 0) is 0 Å². The molecule has 3 nitrogen and oxygen atoms in total. The fraction of sp³-hybridized carbons (Fsp3) is 0.471. The van der Waals surface area contributed by atoms with Crippen LogP contribution < -0.4 is 0 Å². The van der Waals surface area contributed by atoms with Crippen LogP contribution in [0.2, 0.25) is 0 Å². The predicted octanol–water partition coefficient (Wildman–Crippen LogP) is 2.43. The van der Waals surface area contributed by atoms with Crippen LogP contribution in [0.3, 0.4) is 0 Å². The van der Waals surface area contributed by atoms with E-state index in [2.05, 4.69) is 18.8 Å². The van der Waals surface area contributed by atoms with Crippen molar-refractivity contribution in [2.75, 3.05) is 19.7 Å². The number of aliphatic hydroxyl groups is 1. The first-order chi connectivity index (χ1) is 10.2. The van der Waals surface area contributed by atoms with Crippen LogP contribution in [0, 0.1) is 23.6 Å². The zero-order valence-electron chi connectivity index (χ0n) is 12.2. The molecule has 1 aliphatic rings. The second-order valence-corrected chi connectivity index (χ2v) is 5.28. The fourth-order valence-corrected chi connectivity index (χ4v) is 2.51. The molecule has 0 saturated carbocycles. The maximum Gasteiger partial charge on any atom is 0.256 e. The average molecular weight is 289 g/mol. The summed E-state index contributed by atoms with van der Waals surface area (Å²) in [5, 5.41) is 8.70. The van der Waals surface area contributed by atoms with Gasteiger partial charge in [0, 0.05) is 25.1 Å². The number of amides is 1. The Kier molecular flexibility index (Phi) is 5.35. The van der Waals surface area contributed by atoms with Gasteiger partial charge in [-0.25, -0.2) is 4.39 Å². The largest absolute Gasteiger partial charge is 0.395 e. The van der Waals surface area contributed by atoms with E-state index in [1.54, 1.807) is 11.0 Å². The molecule has 0 aliphatic carbocycles. The minimum atomic E-state index is -0.507. The smallest absolute Gasteiger partial charge is 0.256 e. The topological polar surface area (TPSA) is 40.5 Å². The monoisotopic (exact) mass is 289 g/mol. The van der Waals surface area contributed by atoms with E-state index < -0.39 is 5.82 Å². The number of hydrogen-bond acceptors (Lipinski definition) is 2. The van der Waals surface area contributed by atoms with Gasteiger partial charge in [0.15, 0.2) is 0 Å². The second kappa shape index (κ2) is 7.24. The van der Waals surface area contributed by atoms with Gasteiger partial charge in [0.05, 0.1) is 12.2 Å². The third kappa shape index (κ3) is 3.83. The molecule has 0 radical (unpaired) electrons. The summed E-state index contributed by atoms with van der Waals surface area (Å²) in [6, 6.07) is 4.33. The predicted molar refractivity (Wildman–Crippen MR) is 79.3 cm³/mol. The van der Waals surface area contributed by atoms with Crippen molar-refractivity contribution >= 4 is 5.91 Å². The molecule has 0 aromatic heterocycles. The van der Waals surface area contributed by atoms with Crippen LogP contribution in [0.4, 0.5) is 4.39 Å². The molecule has 1 amide bonds. The number of halogens is 1. The van der Waals surface area contributed by atoms with Crippen LogP contribution in [-0.4, -0.2) is 35.6 Å². The van der Waals surface area contributed by atoms with Gasteiger partial charge >= 0.3 is 0 Å². The minimum absolute atomic E-state index is 0.00777. The van der Waals surface area contributed by atoms with Crippen LogP contribution >= 0.6 is 0 Å². The quantitative estimate of drug-likeness (QED) is 0.868. The molecular formula is C17H20FNO2. The van der Waals surface area contributed by atoms with Gasteiger partial charge in [0.25, 0.3) is 5.91 Å². The normalized spacial score (nSPS) is 17.5. The van der Waals surface area contributed by atoms with Crippen molar-refractivity contribution in [3.63, 3.8) is 0 Å². The molecule has 4 heteroatoms. The summed E-state index contributed by atoms with van der Waals surface area (Å²) in [5.74, 6) is 5.36. The molecule has 1 N–H and O–H groups in total. The number of likely N-dealkylation sites (tertiary alicyclic amines) is 1. The van der Waals surface area contributed by atoms with Crippen molar-refractivity contribution in [3.8, 4) is 11.8 Å². The number of nitrogens with zero attached hydrogens (tertiary/aromatic N) is 1. The number of carbonyl (C=O) groups is 1. The summed E-state index contributed by atoms with van der Waals surface area (Å²) in [6.07, 6.45) is 2.39. The summed E-state index contributed by atoms with van der Waals surface area (Å²) >= 11 is 0. The molecule has 2 rings (SSSR count). The summed E-state index contributed by atoms with van der Waals surface area (Å²) in [4.78, 5) is 14.1. The lowest BCUT2D eigenvalue weighted by molar-refractivity contribution is 0.0782. The van der Waals surface area contributed by atoms with E-state index in [0.29, 0.717) is 31.0 Å². The first kappa shape index (κ1) is 15.5. The minimum Gasteiger partial charge on any atom is -0.395 e. The number of carbonyl (C=O) groups excluding carboxylic acids is 1. The number of benzene rings is 1. The second-order valence-electron chi connectivity index (χ2n) is 5.28. The molecule has 1 heterocycles. The van der Waals surface area contributed by atoms with Crippen LogP contribution in [0.15, 0.2) is 18.2 Å².